The van der Waals surface area contributed by atoms with E-state index in [1.165, 1.54) is 13.5 Å². The zero-order valence-electron chi connectivity index (χ0n) is 6.68. The SMILES string of the molecule is COC=O.FC1=CCCCC1. The molecule has 0 aliphatic heterocycles. The van der Waals surface area contributed by atoms with Gasteiger partial charge in [-0.1, -0.05) is 6.08 Å². The van der Waals surface area contributed by atoms with Gasteiger partial charge in [0.1, 0.15) is 0 Å². The molecule has 0 aromatic rings. The van der Waals surface area contributed by atoms with E-state index >= 15 is 0 Å². The van der Waals surface area contributed by atoms with Gasteiger partial charge in [-0.3, -0.25) is 4.79 Å². The van der Waals surface area contributed by atoms with Crippen LogP contribution in [-0.2, 0) is 9.53 Å². The van der Waals surface area contributed by atoms with E-state index in [9.17, 15) is 4.39 Å². The summed E-state index contributed by atoms with van der Waals surface area (Å²) in [4.78, 5) is 8.95. The maximum atomic E-state index is 12.0. The molecule has 1 aliphatic carbocycles. The van der Waals surface area contributed by atoms with Crippen LogP contribution in [0.4, 0.5) is 4.39 Å². The standard InChI is InChI=1S/C6H9F.C2H4O2/c7-6-4-2-1-3-5-6;1-4-2-3/h4H,1-3,5H2;2H,1H3. The first-order chi connectivity index (χ1) is 5.31. The van der Waals surface area contributed by atoms with Gasteiger partial charge in [0.05, 0.1) is 12.9 Å². The highest BCUT2D eigenvalue weighted by molar-refractivity contribution is 5.36. The van der Waals surface area contributed by atoms with Crippen LogP contribution < -0.4 is 0 Å². The molecule has 11 heavy (non-hydrogen) atoms. The first-order valence-electron chi connectivity index (χ1n) is 3.62. The van der Waals surface area contributed by atoms with Gasteiger partial charge in [-0.05, 0) is 25.7 Å². The van der Waals surface area contributed by atoms with Crippen LogP contribution in [0.2, 0.25) is 0 Å². The highest BCUT2D eigenvalue weighted by Crippen LogP contribution is 2.17. The molecular formula is C8H13FO2. The van der Waals surface area contributed by atoms with Crippen molar-refractivity contribution in [2.24, 2.45) is 0 Å². The highest BCUT2D eigenvalue weighted by Gasteiger charge is 1.99. The minimum atomic E-state index is 0.0891. The molecule has 0 heterocycles. The van der Waals surface area contributed by atoms with Gasteiger partial charge in [0, 0.05) is 0 Å². The summed E-state index contributed by atoms with van der Waals surface area (Å²) >= 11 is 0. The number of ether oxygens (including phenoxy) is 1. The van der Waals surface area contributed by atoms with Gasteiger partial charge in [-0.2, -0.15) is 0 Å². The summed E-state index contributed by atoms with van der Waals surface area (Å²) < 4.78 is 15.9. The van der Waals surface area contributed by atoms with Crippen molar-refractivity contribution in [3.63, 3.8) is 0 Å². The number of rotatable bonds is 1. The molecule has 0 unspecified atom stereocenters. The Morgan fingerprint density at radius 1 is 1.64 bits per heavy atom. The molecule has 0 spiro atoms. The molecule has 0 atom stereocenters. The number of allylic oxidation sites excluding steroid dienone is 2. The van der Waals surface area contributed by atoms with E-state index in [-0.39, 0.29) is 5.83 Å². The van der Waals surface area contributed by atoms with E-state index < -0.39 is 0 Å². The molecular weight excluding hydrogens is 147 g/mol. The summed E-state index contributed by atoms with van der Waals surface area (Å²) in [6.45, 7) is 0.375. The number of carbonyl (C=O) groups is 1. The van der Waals surface area contributed by atoms with Gasteiger partial charge < -0.3 is 4.74 Å². The Labute approximate surface area is 66.0 Å². The monoisotopic (exact) mass is 160 g/mol. The van der Waals surface area contributed by atoms with Gasteiger partial charge in [0.15, 0.2) is 0 Å². The van der Waals surface area contributed by atoms with Crippen LogP contribution in [0.25, 0.3) is 0 Å². The largest absolute Gasteiger partial charge is 0.471 e. The zero-order chi connectivity index (χ0) is 8.53. The van der Waals surface area contributed by atoms with Crippen LogP contribution in [0.1, 0.15) is 25.7 Å². The number of methoxy groups -OCH3 is 1. The average Bonchev–Trinajstić information content (AvgIpc) is 2.07. The molecule has 0 radical (unpaired) electrons. The maximum Gasteiger partial charge on any atom is 0.292 e. The van der Waals surface area contributed by atoms with E-state index in [0.29, 0.717) is 12.9 Å². The number of hydrogen-bond acceptors (Lipinski definition) is 2. The van der Waals surface area contributed by atoms with E-state index in [1.807, 2.05) is 0 Å². The molecule has 0 saturated heterocycles. The smallest absolute Gasteiger partial charge is 0.292 e. The molecule has 0 aromatic carbocycles. The second kappa shape index (κ2) is 7.25. The molecule has 0 amide bonds. The molecule has 0 bridgehead atoms. The van der Waals surface area contributed by atoms with Gasteiger partial charge in [-0.15, -0.1) is 0 Å². The van der Waals surface area contributed by atoms with Crippen molar-refractivity contribution < 1.29 is 13.9 Å². The summed E-state index contributed by atoms with van der Waals surface area (Å²) in [5.74, 6) is 0.0891. The molecule has 1 rings (SSSR count). The third-order valence-electron chi connectivity index (χ3n) is 1.33. The van der Waals surface area contributed by atoms with Gasteiger partial charge in [-0.25, -0.2) is 4.39 Å². The molecule has 64 valence electrons. The molecule has 2 nitrogen and oxygen atoms in total. The second-order valence-electron chi connectivity index (χ2n) is 2.23. The Bertz CT molecular complexity index is 132. The fraction of sp³-hybridized carbons (Fsp3) is 0.625. The van der Waals surface area contributed by atoms with Crippen molar-refractivity contribution in [2.75, 3.05) is 7.11 Å². The lowest BCUT2D eigenvalue weighted by Crippen LogP contribution is -1.84. The first-order valence-corrected chi connectivity index (χ1v) is 3.62. The summed E-state index contributed by atoms with van der Waals surface area (Å²) in [5, 5.41) is 0. The Morgan fingerprint density at radius 2 is 2.27 bits per heavy atom. The van der Waals surface area contributed by atoms with E-state index in [0.717, 1.165) is 12.8 Å². The normalized spacial score (nSPS) is 15.6. The fourth-order valence-corrected chi connectivity index (χ4v) is 0.799. The fourth-order valence-electron chi connectivity index (χ4n) is 0.799. The summed E-state index contributed by atoms with van der Waals surface area (Å²) in [6, 6.07) is 0. The lowest BCUT2D eigenvalue weighted by Gasteiger charge is -2.02. The number of hydrogen-bond donors (Lipinski definition) is 0. The summed E-state index contributed by atoms with van der Waals surface area (Å²) in [7, 11) is 1.31. The summed E-state index contributed by atoms with van der Waals surface area (Å²) in [6.07, 6.45) is 5.53. The van der Waals surface area contributed by atoms with Crippen LogP contribution in [-0.4, -0.2) is 13.6 Å². The highest BCUT2D eigenvalue weighted by atomic mass is 19.1. The Kier molecular flexibility index (Phi) is 6.68. The maximum absolute atomic E-state index is 12.0. The quantitative estimate of drug-likeness (QED) is 0.550. The van der Waals surface area contributed by atoms with E-state index in [2.05, 4.69) is 4.74 Å². The van der Waals surface area contributed by atoms with Crippen molar-refractivity contribution in [1.29, 1.82) is 0 Å². The van der Waals surface area contributed by atoms with Crippen molar-refractivity contribution in [1.82, 2.24) is 0 Å². The number of halogens is 1. The van der Waals surface area contributed by atoms with Gasteiger partial charge >= 0.3 is 0 Å². The Morgan fingerprint density at radius 3 is 2.45 bits per heavy atom. The molecule has 0 fully saturated rings. The minimum Gasteiger partial charge on any atom is -0.471 e. The van der Waals surface area contributed by atoms with E-state index in [1.54, 1.807) is 6.08 Å². The van der Waals surface area contributed by atoms with Gasteiger partial charge in [0.2, 0.25) is 0 Å². The van der Waals surface area contributed by atoms with Crippen LogP contribution >= 0.6 is 0 Å². The summed E-state index contributed by atoms with van der Waals surface area (Å²) in [5.41, 5.74) is 0. The van der Waals surface area contributed by atoms with Crippen LogP contribution in [0.15, 0.2) is 11.9 Å². The second-order valence-corrected chi connectivity index (χ2v) is 2.23. The van der Waals surface area contributed by atoms with Gasteiger partial charge in [0.25, 0.3) is 6.47 Å². The molecule has 0 aromatic heterocycles. The third-order valence-corrected chi connectivity index (χ3v) is 1.33. The Balaban J connectivity index is 0.000000218. The lowest BCUT2D eigenvalue weighted by molar-refractivity contribution is -0.126. The number of carbonyl (C=O) groups excluding carboxylic acids is 1. The Hall–Kier alpha value is -0.860. The molecule has 0 N–H and O–H groups in total. The first kappa shape index (κ1) is 10.1. The van der Waals surface area contributed by atoms with Crippen LogP contribution in [0, 0.1) is 0 Å². The molecule has 3 heteroatoms. The van der Waals surface area contributed by atoms with E-state index in [4.69, 9.17) is 4.79 Å². The lowest BCUT2D eigenvalue weighted by atomic mass is 10.1. The third kappa shape index (κ3) is 7.03. The average molecular weight is 160 g/mol. The van der Waals surface area contributed by atoms with Crippen LogP contribution in [0.5, 0.6) is 0 Å². The zero-order valence-corrected chi connectivity index (χ0v) is 6.68. The van der Waals surface area contributed by atoms with Crippen molar-refractivity contribution >= 4 is 6.47 Å². The molecule has 0 saturated carbocycles. The minimum absolute atomic E-state index is 0.0891. The van der Waals surface area contributed by atoms with Crippen molar-refractivity contribution in [2.45, 2.75) is 25.7 Å². The van der Waals surface area contributed by atoms with Crippen molar-refractivity contribution in [3.05, 3.63) is 11.9 Å². The predicted octanol–water partition coefficient (Wildman–Crippen LogP) is 2.20. The van der Waals surface area contributed by atoms with Crippen LogP contribution in [0.3, 0.4) is 0 Å². The molecule has 1 aliphatic rings. The predicted molar refractivity (Wildman–Crippen MR) is 40.7 cm³/mol. The topological polar surface area (TPSA) is 26.3 Å². The van der Waals surface area contributed by atoms with Crippen molar-refractivity contribution in [3.8, 4) is 0 Å².